The summed E-state index contributed by atoms with van der Waals surface area (Å²) in [6, 6.07) is 16.5. The molecule has 0 saturated carbocycles. The van der Waals surface area contributed by atoms with Gasteiger partial charge in [0.05, 0.1) is 13.2 Å². The van der Waals surface area contributed by atoms with Gasteiger partial charge in [-0.25, -0.2) is 0 Å². The van der Waals surface area contributed by atoms with Gasteiger partial charge >= 0.3 is 0 Å². The molecule has 0 aliphatic heterocycles. The molecular formula is C52H88N2O4. The molecule has 0 aromatic heterocycles. The summed E-state index contributed by atoms with van der Waals surface area (Å²) in [4.78, 5) is 31.0. The number of ether oxygens (including phenoxy) is 2. The van der Waals surface area contributed by atoms with Crippen molar-refractivity contribution >= 4 is 11.6 Å². The molecular weight excluding hydrogens is 717 g/mol. The zero-order valence-corrected chi connectivity index (χ0v) is 38.2. The topological polar surface area (TPSA) is 59.1 Å². The molecule has 330 valence electrons. The smallest absolute Gasteiger partial charge is 0.158 e. The Morgan fingerprint density at radius 3 is 1.05 bits per heavy atom. The maximum absolute atomic E-state index is 12.9. The molecule has 0 radical (unpaired) electrons. The summed E-state index contributed by atoms with van der Waals surface area (Å²) < 4.78 is 12.1. The maximum atomic E-state index is 12.9. The summed E-state index contributed by atoms with van der Waals surface area (Å²) in [5.74, 6) is 0.359. The van der Waals surface area contributed by atoms with Crippen LogP contribution in [0.2, 0.25) is 0 Å². The predicted octanol–water partition coefficient (Wildman–Crippen LogP) is 13.6. The summed E-state index contributed by atoms with van der Waals surface area (Å²) in [6.45, 7) is 16.7. The van der Waals surface area contributed by atoms with Gasteiger partial charge in [0.1, 0.15) is 13.2 Å². The zero-order valence-electron chi connectivity index (χ0n) is 38.2. The van der Waals surface area contributed by atoms with Crippen molar-refractivity contribution in [2.24, 2.45) is 0 Å². The zero-order chi connectivity index (χ0) is 41.7. The maximum Gasteiger partial charge on any atom is 0.158 e. The molecule has 58 heavy (non-hydrogen) atoms. The average molecular weight is 805 g/mol. The minimum absolute atomic E-state index is 0.144. The van der Waals surface area contributed by atoms with E-state index in [1.54, 1.807) is 0 Å². The summed E-state index contributed by atoms with van der Waals surface area (Å²) in [6.07, 6.45) is 29.0. The van der Waals surface area contributed by atoms with Crippen LogP contribution in [-0.2, 0) is 32.3 Å². The average Bonchev–Trinajstić information content (AvgIpc) is 3.23. The number of benzene rings is 2. The molecule has 0 saturated heterocycles. The van der Waals surface area contributed by atoms with Crippen LogP contribution in [0.3, 0.4) is 0 Å². The Kier molecular flexibility index (Phi) is 32.5. The van der Waals surface area contributed by atoms with Gasteiger partial charge in [0, 0.05) is 12.8 Å². The Morgan fingerprint density at radius 2 is 0.690 bits per heavy atom. The van der Waals surface area contributed by atoms with Crippen molar-refractivity contribution < 1.29 is 19.1 Å². The van der Waals surface area contributed by atoms with Crippen molar-refractivity contribution in [2.75, 3.05) is 52.5 Å². The third-order valence-electron chi connectivity index (χ3n) is 11.5. The Hall–Kier alpha value is -2.38. The Labute approximate surface area is 357 Å². The molecule has 6 nitrogen and oxygen atoms in total. The van der Waals surface area contributed by atoms with Gasteiger partial charge in [0.25, 0.3) is 0 Å². The highest BCUT2D eigenvalue weighted by atomic mass is 16.5. The number of rotatable bonds is 41. The van der Waals surface area contributed by atoms with Gasteiger partial charge in [0.15, 0.2) is 11.6 Å². The normalized spacial score (nSPS) is 11.6. The van der Waals surface area contributed by atoms with E-state index in [9.17, 15) is 9.59 Å². The molecule has 0 aliphatic rings. The van der Waals surface area contributed by atoms with E-state index in [1.165, 1.54) is 128 Å². The predicted molar refractivity (Wildman–Crippen MR) is 248 cm³/mol. The van der Waals surface area contributed by atoms with Gasteiger partial charge in [-0.3, -0.25) is 9.59 Å². The summed E-state index contributed by atoms with van der Waals surface area (Å²) in [7, 11) is 0. The number of nitrogens with zero attached hydrogens (tertiary/aromatic N) is 2. The lowest BCUT2D eigenvalue weighted by molar-refractivity contribution is -0.124. The molecule has 0 N–H and O–H groups in total. The van der Waals surface area contributed by atoms with Gasteiger partial charge in [0.2, 0.25) is 0 Å². The molecule has 6 heteroatoms. The fourth-order valence-electron chi connectivity index (χ4n) is 7.94. The fourth-order valence-corrected chi connectivity index (χ4v) is 7.94. The van der Waals surface area contributed by atoms with E-state index < -0.39 is 0 Å². The molecule has 0 spiro atoms. The molecule has 0 fully saturated rings. The fraction of sp³-hybridized carbons (Fsp3) is 0.731. The largest absolute Gasteiger partial charge is 0.369 e. The molecule has 2 aromatic rings. The van der Waals surface area contributed by atoms with Gasteiger partial charge < -0.3 is 19.3 Å². The van der Waals surface area contributed by atoms with Crippen molar-refractivity contribution in [3.63, 3.8) is 0 Å². The number of ketones is 2. The van der Waals surface area contributed by atoms with E-state index in [0.29, 0.717) is 26.1 Å². The molecule has 0 aliphatic carbocycles. The van der Waals surface area contributed by atoms with Crippen molar-refractivity contribution in [3.05, 3.63) is 59.7 Å². The van der Waals surface area contributed by atoms with Crippen LogP contribution in [0.15, 0.2) is 48.5 Å². The summed E-state index contributed by atoms with van der Waals surface area (Å²) in [5.41, 5.74) is 4.27. The number of hydrogen-bond donors (Lipinski definition) is 0. The van der Waals surface area contributed by atoms with Gasteiger partial charge in [-0.2, -0.15) is 0 Å². The minimum Gasteiger partial charge on any atom is -0.369 e. The van der Waals surface area contributed by atoms with Crippen molar-refractivity contribution in [1.29, 1.82) is 0 Å². The lowest BCUT2D eigenvalue weighted by atomic mass is 9.96. The highest BCUT2D eigenvalue weighted by Gasteiger charge is 2.13. The lowest BCUT2D eigenvalue weighted by Crippen LogP contribution is -2.28. The van der Waals surface area contributed by atoms with E-state index >= 15 is 0 Å². The van der Waals surface area contributed by atoms with E-state index in [0.717, 1.165) is 74.4 Å². The second kappa shape index (κ2) is 36.5. The van der Waals surface area contributed by atoms with E-state index in [2.05, 4.69) is 61.8 Å². The third-order valence-corrected chi connectivity index (χ3v) is 11.5. The summed E-state index contributed by atoms with van der Waals surface area (Å²) >= 11 is 0. The SMILES string of the molecule is CCCCCCCCN(CCCCCC)CCCC(=O)COCc1ccccc1-c1ccccc1COCC(=O)CCCN(CCCCCC)CCCCCCCC. The van der Waals surface area contributed by atoms with Crippen LogP contribution in [0, 0.1) is 0 Å². The van der Waals surface area contributed by atoms with E-state index in [-0.39, 0.29) is 24.8 Å². The molecule has 0 bridgehead atoms. The van der Waals surface area contributed by atoms with Crippen molar-refractivity contribution in [3.8, 4) is 11.1 Å². The first-order valence-corrected chi connectivity index (χ1v) is 24.3. The summed E-state index contributed by atoms with van der Waals surface area (Å²) in [5, 5.41) is 0. The molecule has 0 heterocycles. The number of hydrogen-bond acceptors (Lipinski definition) is 6. The number of Topliss-reactive ketones (excluding diaryl/α,β-unsaturated/α-hetero) is 2. The quantitative estimate of drug-likeness (QED) is 0.0624. The molecule has 0 unspecified atom stereocenters. The highest BCUT2D eigenvalue weighted by Crippen LogP contribution is 2.28. The Bertz CT molecular complexity index is 1180. The van der Waals surface area contributed by atoms with Gasteiger partial charge in [-0.1, -0.05) is 179 Å². The first-order valence-electron chi connectivity index (χ1n) is 24.3. The minimum atomic E-state index is 0.144. The second-order valence-electron chi connectivity index (χ2n) is 16.9. The standard InChI is InChI=1S/C52H88N2O4/c1-5-9-13-17-19-27-39-53(37-25-15-11-7-3)41-29-33-49(55)45-57-43-47-31-21-23-35-51(47)52-36-24-22-32-48(52)44-58-46-50(56)34-30-42-54(38-26-16-12-8-4)40-28-20-18-14-10-6-2/h21-24,31-32,35-36H,5-20,25-30,33-34,37-46H2,1-4H3. The van der Waals surface area contributed by atoms with Crippen molar-refractivity contribution in [2.45, 2.75) is 195 Å². The van der Waals surface area contributed by atoms with Crippen LogP contribution < -0.4 is 0 Å². The first kappa shape index (κ1) is 51.8. The number of carbonyl (C=O) groups excluding carboxylic acids is 2. The van der Waals surface area contributed by atoms with Gasteiger partial charge in [-0.15, -0.1) is 0 Å². The molecule has 2 rings (SSSR count). The Morgan fingerprint density at radius 1 is 0.397 bits per heavy atom. The lowest BCUT2D eigenvalue weighted by Gasteiger charge is -2.22. The van der Waals surface area contributed by atoms with Crippen LogP contribution in [0.5, 0.6) is 0 Å². The van der Waals surface area contributed by atoms with Crippen LogP contribution in [0.25, 0.3) is 11.1 Å². The first-order chi connectivity index (χ1) is 28.5. The highest BCUT2D eigenvalue weighted by molar-refractivity contribution is 5.80. The molecule has 0 amide bonds. The number of unbranched alkanes of at least 4 members (excludes halogenated alkanes) is 16. The van der Waals surface area contributed by atoms with Crippen LogP contribution in [0.4, 0.5) is 0 Å². The van der Waals surface area contributed by atoms with Crippen LogP contribution in [0.1, 0.15) is 193 Å². The second-order valence-corrected chi connectivity index (χ2v) is 16.9. The Balaban J connectivity index is 1.80. The van der Waals surface area contributed by atoms with Crippen LogP contribution >= 0.6 is 0 Å². The van der Waals surface area contributed by atoms with E-state index in [1.807, 2.05) is 24.3 Å². The third kappa shape index (κ3) is 26.0. The number of carbonyl (C=O) groups is 2. The van der Waals surface area contributed by atoms with E-state index in [4.69, 9.17) is 9.47 Å². The van der Waals surface area contributed by atoms with Gasteiger partial charge in [-0.05, 0) is 100 Å². The molecule has 0 atom stereocenters. The van der Waals surface area contributed by atoms with Crippen molar-refractivity contribution in [1.82, 2.24) is 9.80 Å². The molecule has 2 aromatic carbocycles. The monoisotopic (exact) mass is 805 g/mol. The van der Waals surface area contributed by atoms with Crippen LogP contribution in [-0.4, -0.2) is 73.8 Å².